The Morgan fingerprint density at radius 3 is 2.55 bits per heavy atom. The fourth-order valence-electron chi connectivity index (χ4n) is 1.92. The SMILES string of the molecule is CC(C)(C)c1nnsc1-c1nc(-c2ccccc2)n[nH]1. The molecule has 6 heteroatoms. The zero-order valence-electron chi connectivity index (χ0n) is 11.6. The van der Waals surface area contributed by atoms with Gasteiger partial charge in [0.2, 0.25) is 0 Å². The van der Waals surface area contributed by atoms with Crippen molar-refractivity contribution in [3.63, 3.8) is 0 Å². The second kappa shape index (κ2) is 4.79. The summed E-state index contributed by atoms with van der Waals surface area (Å²) in [5.74, 6) is 1.41. The second-order valence-electron chi connectivity index (χ2n) is 5.57. The minimum atomic E-state index is -0.0674. The average Bonchev–Trinajstić information content (AvgIpc) is 3.08. The summed E-state index contributed by atoms with van der Waals surface area (Å²) in [6.07, 6.45) is 0. The van der Waals surface area contributed by atoms with Gasteiger partial charge in [-0.25, -0.2) is 4.98 Å². The summed E-state index contributed by atoms with van der Waals surface area (Å²) >= 11 is 1.34. The second-order valence-corrected chi connectivity index (χ2v) is 6.33. The standard InChI is InChI=1S/C14H15N5S/c1-14(2,3)11-10(20-19-16-11)13-15-12(17-18-13)9-7-5-4-6-8-9/h4-8H,1-3H3,(H,15,17,18). The monoisotopic (exact) mass is 285 g/mol. The van der Waals surface area contributed by atoms with E-state index in [0.717, 1.165) is 22.0 Å². The molecular formula is C14H15N5S. The molecule has 0 aliphatic carbocycles. The van der Waals surface area contributed by atoms with E-state index < -0.39 is 0 Å². The number of aromatic nitrogens is 5. The predicted molar refractivity (Wildman–Crippen MR) is 79.4 cm³/mol. The summed E-state index contributed by atoms with van der Waals surface area (Å²) in [4.78, 5) is 5.51. The van der Waals surface area contributed by atoms with Crippen molar-refractivity contribution in [1.29, 1.82) is 0 Å². The molecule has 0 aliphatic heterocycles. The van der Waals surface area contributed by atoms with Crippen molar-refractivity contribution in [1.82, 2.24) is 24.8 Å². The molecular weight excluding hydrogens is 270 g/mol. The Morgan fingerprint density at radius 2 is 1.85 bits per heavy atom. The predicted octanol–water partition coefficient (Wildman–Crippen LogP) is 3.29. The first-order valence-electron chi connectivity index (χ1n) is 6.37. The van der Waals surface area contributed by atoms with Crippen LogP contribution in [0.25, 0.3) is 22.1 Å². The molecule has 0 atom stereocenters. The highest BCUT2D eigenvalue weighted by Crippen LogP contribution is 2.32. The number of nitrogens with one attached hydrogen (secondary N) is 1. The van der Waals surface area contributed by atoms with Crippen LogP contribution in [0.4, 0.5) is 0 Å². The van der Waals surface area contributed by atoms with Gasteiger partial charge in [-0.2, -0.15) is 5.10 Å². The van der Waals surface area contributed by atoms with Crippen molar-refractivity contribution in [2.24, 2.45) is 0 Å². The molecule has 2 heterocycles. The van der Waals surface area contributed by atoms with Crippen LogP contribution in [0.5, 0.6) is 0 Å². The van der Waals surface area contributed by atoms with E-state index in [-0.39, 0.29) is 5.41 Å². The molecule has 102 valence electrons. The summed E-state index contributed by atoms with van der Waals surface area (Å²) in [6, 6.07) is 9.90. The lowest BCUT2D eigenvalue weighted by Gasteiger charge is -2.15. The van der Waals surface area contributed by atoms with Crippen molar-refractivity contribution < 1.29 is 0 Å². The molecule has 0 radical (unpaired) electrons. The first kappa shape index (κ1) is 12.9. The Labute approximate surface area is 121 Å². The fourth-order valence-corrected chi connectivity index (χ4v) is 2.73. The number of nitrogens with zero attached hydrogens (tertiary/aromatic N) is 4. The van der Waals surface area contributed by atoms with E-state index in [2.05, 4.69) is 45.5 Å². The Hall–Kier alpha value is -2.08. The van der Waals surface area contributed by atoms with Crippen LogP contribution in [-0.4, -0.2) is 24.8 Å². The van der Waals surface area contributed by atoms with Gasteiger partial charge in [-0.3, -0.25) is 5.10 Å². The zero-order valence-corrected chi connectivity index (χ0v) is 12.4. The third-order valence-corrected chi connectivity index (χ3v) is 3.66. The molecule has 20 heavy (non-hydrogen) atoms. The fraction of sp³-hybridized carbons (Fsp3) is 0.286. The molecule has 0 aliphatic rings. The van der Waals surface area contributed by atoms with Crippen LogP contribution in [0.2, 0.25) is 0 Å². The van der Waals surface area contributed by atoms with Crippen LogP contribution in [0.1, 0.15) is 26.5 Å². The van der Waals surface area contributed by atoms with E-state index in [0.29, 0.717) is 5.82 Å². The van der Waals surface area contributed by atoms with E-state index in [1.807, 2.05) is 30.3 Å². The summed E-state index contributed by atoms with van der Waals surface area (Å²) in [7, 11) is 0. The van der Waals surface area contributed by atoms with Gasteiger partial charge in [0.05, 0.1) is 5.69 Å². The average molecular weight is 285 g/mol. The lowest BCUT2D eigenvalue weighted by atomic mass is 9.91. The number of hydrogen-bond donors (Lipinski definition) is 1. The lowest BCUT2D eigenvalue weighted by molar-refractivity contribution is 0.568. The quantitative estimate of drug-likeness (QED) is 0.784. The number of benzene rings is 1. The topological polar surface area (TPSA) is 67.3 Å². The third kappa shape index (κ3) is 2.34. The number of rotatable bonds is 2. The van der Waals surface area contributed by atoms with E-state index in [1.165, 1.54) is 11.5 Å². The maximum absolute atomic E-state index is 4.56. The normalized spacial score (nSPS) is 11.8. The van der Waals surface area contributed by atoms with Gasteiger partial charge in [-0.05, 0) is 11.5 Å². The maximum Gasteiger partial charge on any atom is 0.181 e. The van der Waals surface area contributed by atoms with Crippen LogP contribution >= 0.6 is 11.5 Å². The third-order valence-electron chi connectivity index (χ3n) is 2.93. The van der Waals surface area contributed by atoms with Gasteiger partial charge < -0.3 is 0 Å². The van der Waals surface area contributed by atoms with Crippen LogP contribution in [0.3, 0.4) is 0 Å². The Bertz CT molecular complexity index is 709. The lowest BCUT2D eigenvalue weighted by Crippen LogP contribution is -2.13. The highest BCUT2D eigenvalue weighted by molar-refractivity contribution is 7.09. The molecule has 5 nitrogen and oxygen atoms in total. The molecule has 3 aromatic rings. The van der Waals surface area contributed by atoms with Crippen LogP contribution in [0, 0.1) is 0 Å². The number of H-pyrrole nitrogens is 1. The van der Waals surface area contributed by atoms with E-state index >= 15 is 0 Å². The molecule has 0 fully saturated rings. The van der Waals surface area contributed by atoms with Crippen molar-refractivity contribution in [2.45, 2.75) is 26.2 Å². The van der Waals surface area contributed by atoms with Gasteiger partial charge in [0.1, 0.15) is 4.88 Å². The van der Waals surface area contributed by atoms with Gasteiger partial charge in [0, 0.05) is 11.0 Å². The number of aromatic amines is 1. The highest BCUT2D eigenvalue weighted by Gasteiger charge is 2.25. The van der Waals surface area contributed by atoms with Crippen molar-refractivity contribution >= 4 is 11.5 Å². The molecule has 0 spiro atoms. The smallest absolute Gasteiger partial charge is 0.181 e. The molecule has 1 N–H and O–H groups in total. The van der Waals surface area contributed by atoms with Crippen LogP contribution in [-0.2, 0) is 5.41 Å². The first-order chi connectivity index (χ1) is 9.55. The maximum atomic E-state index is 4.56. The van der Waals surface area contributed by atoms with Gasteiger partial charge in [-0.15, -0.1) is 5.10 Å². The van der Waals surface area contributed by atoms with Gasteiger partial charge in [0.15, 0.2) is 11.6 Å². The molecule has 3 rings (SSSR count). The largest absolute Gasteiger partial charge is 0.258 e. The van der Waals surface area contributed by atoms with Gasteiger partial charge in [-0.1, -0.05) is 55.6 Å². The van der Waals surface area contributed by atoms with E-state index in [1.54, 1.807) is 0 Å². The molecule has 2 aromatic heterocycles. The molecule has 0 saturated heterocycles. The molecule has 1 aromatic carbocycles. The van der Waals surface area contributed by atoms with Crippen LogP contribution in [0.15, 0.2) is 30.3 Å². The summed E-state index contributed by atoms with van der Waals surface area (Å²) in [6.45, 7) is 6.34. The Kier molecular flexibility index (Phi) is 3.10. The summed E-state index contributed by atoms with van der Waals surface area (Å²) in [5.41, 5.74) is 1.87. The Morgan fingerprint density at radius 1 is 1.10 bits per heavy atom. The molecule has 0 bridgehead atoms. The Balaban J connectivity index is 2.02. The first-order valence-corrected chi connectivity index (χ1v) is 7.14. The van der Waals surface area contributed by atoms with Gasteiger partial charge >= 0.3 is 0 Å². The molecule has 0 amide bonds. The van der Waals surface area contributed by atoms with Crippen molar-refractivity contribution in [3.8, 4) is 22.1 Å². The zero-order chi connectivity index (χ0) is 14.2. The minimum Gasteiger partial charge on any atom is -0.258 e. The highest BCUT2D eigenvalue weighted by atomic mass is 32.1. The van der Waals surface area contributed by atoms with Crippen LogP contribution < -0.4 is 0 Å². The van der Waals surface area contributed by atoms with E-state index in [4.69, 9.17) is 0 Å². The van der Waals surface area contributed by atoms with Crippen molar-refractivity contribution in [2.75, 3.05) is 0 Å². The summed E-state index contributed by atoms with van der Waals surface area (Å²) in [5, 5.41) is 11.5. The van der Waals surface area contributed by atoms with Gasteiger partial charge in [0.25, 0.3) is 0 Å². The molecule has 0 saturated carbocycles. The number of hydrogen-bond acceptors (Lipinski definition) is 5. The summed E-state index contributed by atoms with van der Waals surface area (Å²) < 4.78 is 4.05. The minimum absolute atomic E-state index is 0.0674. The van der Waals surface area contributed by atoms with Crippen molar-refractivity contribution in [3.05, 3.63) is 36.0 Å². The van der Waals surface area contributed by atoms with E-state index in [9.17, 15) is 0 Å². The molecule has 0 unspecified atom stereocenters.